The number of aromatic nitrogens is 1. The molecular weight excluding hydrogens is 256 g/mol. The number of ether oxygens (including phenoxy) is 1. The van der Waals surface area contributed by atoms with Gasteiger partial charge >= 0.3 is 0 Å². The summed E-state index contributed by atoms with van der Waals surface area (Å²) in [6, 6.07) is 8.04. The van der Waals surface area contributed by atoms with E-state index in [-0.39, 0.29) is 0 Å². The molecule has 0 atom stereocenters. The van der Waals surface area contributed by atoms with E-state index in [2.05, 4.69) is 11.1 Å². The molecule has 0 radical (unpaired) electrons. The fourth-order valence-electron chi connectivity index (χ4n) is 1.78. The van der Waals surface area contributed by atoms with E-state index < -0.39 is 0 Å². The van der Waals surface area contributed by atoms with E-state index in [1.54, 1.807) is 7.11 Å². The minimum absolute atomic E-state index is 0.586. The van der Waals surface area contributed by atoms with Gasteiger partial charge in [-0.2, -0.15) is 5.26 Å². The highest BCUT2D eigenvalue weighted by atomic mass is 32.1. The second-order valence-electron chi connectivity index (χ2n) is 4.19. The monoisotopic (exact) mass is 270 g/mol. The van der Waals surface area contributed by atoms with E-state index in [9.17, 15) is 5.26 Å². The molecule has 0 bridgehead atoms. The number of benzene rings is 1. The maximum Gasteiger partial charge on any atom is 0.134 e. The predicted octanol–water partition coefficient (Wildman–Crippen LogP) is 3.83. The maximum atomic E-state index is 9.24. The predicted molar refractivity (Wildman–Crippen MR) is 78.1 cm³/mol. The van der Waals surface area contributed by atoms with Crippen LogP contribution in [0.4, 0.5) is 0 Å². The van der Waals surface area contributed by atoms with Crippen molar-refractivity contribution >= 4 is 23.0 Å². The van der Waals surface area contributed by atoms with Gasteiger partial charge in [-0.3, -0.25) is 0 Å². The summed E-state index contributed by atoms with van der Waals surface area (Å²) in [7, 11) is 1.65. The number of rotatable bonds is 3. The van der Waals surface area contributed by atoms with Gasteiger partial charge in [0.1, 0.15) is 16.8 Å². The van der Waals surface area contributed by atoms with E-state index in [4.69, 9.17) is 4.74 Å². The van der Waals surface area contributed by atoms with Crippen LogP contribution in [0.5, 0.6) is 5.75 Å². The van der Waals surface area contributed by atoms with E-state index in [0.29, 0.717) is 5.57 Å². The van der Waals surface area contributed by atoms with E-state index in [1.807, 2.05) is 43.5 Å². The normalized spacial score (nSPS) is 11.2. The summed E-state index contributed by atoms with van der Waals surface area (Å²) < 4.78 is 5.22. The van der Waals surface area contributed by atoms with Gasteiger partial charge in [0.2, 0.25) is 0 Å². The van der Waals surface area contributed by atoms with Gasteiger partial charge in [0.25, 0.3) is 0 Å². The second kappa shape index (κ2) is 5.68. The zero-order chi connectivity index (χ0) is 13.8. The van der Waals surface area contributed by atoms with E-state index >= 15 is 0 Å². The Labute approximate surface area is 116 Å². The first-order valence-electron chi connectivity index (χ1n) is 5.83. The minimum Gasteiger partial charge on any atom is -0.496 e. The lowest BCUT2D eigenvalue weighted by Crippen LogP contribution is -1.88. The Balaban J connectivity index is 2.39. The molecule has 0 amide bonds. The molecule has 19 heavy (non-hydrogen) atoms. The molecule has 3 nitrogen and oxygen atoms in total. The first-order valence-corrected chi connectivity index (χ1v) is 6.71. The number of nitrogens with zero attached hydrogens (tertiary/aromatic N) is 2. The number of thiazole rings is 1. The summed E-state index contributed by atoms with van der Waals surface area (Å²) in [5.74, 6) is 0.848. The van der Waals surface area contributed by atoms with Gasteiger partial charge in [-0.1, -0.05) is 6.07 Å². The van der Waals surface area contributed by atoms with Crippen molar-refractivity contribution in [2.75, 3.05) is 7.11 Å². The van der Waals surface area contributed by atoms with Gasteiger partial charge in [-0.05, 0) is 43.2 Å². The molecule has 0 spiro atoms. The van der Waals surface area contributed by atoms with Gasteiger partial charge in [0.05, 0.1) is 12.7 Å². The third-order valence-corrected chi connectivity index (χ3v) is 3.69. The standard InChI is InChI=1S/C15H14N2OS/c1-10-6-12(4-5-14(10)18-3)7-13(8-16)15-17-11(2)9-19-15/h4-7,9H,1-3H3/b13-7+. The molecule has 0 fully saturated rings. The number of nitriles is 1. The third-order valence-electron chi connectivity index (χ3n) is 2.70. The average Bonchev–Trinajstić information content (AvgIpc) is 2.82. The van der Waals surface area contributed by atoms with Crippen LogP contribution in [0.15, 0.2) is 23.6 Å². The Bertz CT molecular complexity index is 665. The zero-order valence-corrected chi connectivity index (χ0v) is 11.9. The molecule has 1 heterocycles. The van der Waals surface area contributed by atoms with Crippen molar-refractivity contribution in [1.82, 2.24) is 4.98 Å². The first kappa shape index (κ1) is 13.3. The Morgan fingerprint density at radius 2 is 2.21 bits per heavy atom. The SMILES string of the molecule is COc1ccc(/C=C(\C#N)c2nc(C)cs2)cc1C. The first-order chi connectivity index (χ1) is 9.13. The van der Waals surface area contributed by atoms with Crippen LogP contribution in [0.1, 0.15) is 21.8 Å². The number of aryl methyl sites for hydroxylation is 2. The molecule has 4 heteroatoms. The van der Waals surface area contributed by atoms with Gasteiger partial charge < -0.3 is 4.74 Å². The Morgan fingerprint density at radius 3 is 2.74 bits per heavy atom. The summed E-state index contributed by atoms with van der Waals surface area (Å²) in [4.78, 5) is 4.34. The molecule has 0 aliphatic rings. The molecular formula is C15H14N2OS. The molecule has 2 rings (SSSR count). The quantitative estimate of drug-likeness (QED) is 0.796. The molecule has 1 aromatic heterocycles. The average molecular weight is 270 g/mol. The van der Waals surface area contributed by atoms with Gasteiger partial charge in [-0.25, -0.2) is 4.98 Å². The van der Waals surface area contributed by atoms with Crippen LogP contribution in [-0.2, 0) is 0 Å². The van der Waals surface area contributed by atoms with Gasteiger partial charge in [-0.15, -0.1) is 11.3 Å². The zero-order valence-electron chi connectivity index (χ0n) is 11.1. The Kier molecular flexibility index (Phi) is 3.98. The minimum atomic E-state index is 0.586. The summed E-state index contributed by atoms with van der Waals surface area (Å²) in [6.07, 6.45) is 1.85. The lowest BCUT2D eigenvalue weighted by Gasteiger charge is -2.05. The van der Waals surface area contributed by atoms with Crippen LogP contribution >= 0.6 is 11.3 Å². The van der Waals surface area contributed by atoms with Crippen LogP contribution in [0.25, 0.3) is 11.6 Å². The van der Waals surface area contributed by atoms with Crippen molar-refractivity contribution in [2.45, 2.75) is 13.8 Å². The summed E-state index contributed by atoms with van der Waals surface area (Å²) >= 11 is 1.49. The van der Waals surface area contributed by atoms with Crippen molar-refractivity contribution in [1.29, 1.82) is 5.26 Å². The molecule has 0 saturated carbocycles. The van der Waals surface area contributed by atoms with E-state index in [0.717, 1.165) is 27.6 Å². The fourth-order valence-corrected chi connectivity index (χ4v) is 2.54. The van der Waals surface area contributed by atoms with Crippen molar-refractivity contribution in [3.63, 3.8) is 0 Å². The van der Waals surface area contributed by atoms with Gasteiger partial charge in [0.15, 0.2) is 0 Å². The fraction of sp³-hybridized carbons (Fsp3) is 0.200. The summed E-state index contributed by atoms with van der Waals surface area (Å²) in [5.41, 5.74) is 3.54. The molecule has 0 unspecified atom stereocenters. The smallest absolute Gasteiger partial charge is 0.134 e. The van der Waals surface area contributed by atoms with Gasteiger partial charge in [0, 0.05) is 11.1 Å². The van der Waals surface area contributed by atoms with Crippen LogP contribution in [-0.4, -0.2) is 12.1 Å². The highest BCUT2D eigenvalue weighted by Crippen LogP contribution is 2.24. The lowest BCUT2D eigenvalue weighted by molar-refractivity contribution is 0.411. The second-order valence-corrected chi connectivity index (χ2v) is 5.05. The highest BCUT2D eigenvalue weighted by molar-refractivity contribution is 7.11. The molecule has 0 aliphatic carbocycles. The number of hydrogen-bond acceptors (Lipinski definition) is 4. The van der Waals surface area contributed by atoms with Crippen molar-refractivity contribution in [2.24, 2.45) is 0 Å². The summed E-state index contributed by atoms with van der Waals surface area (Å²) in [6.45, 7) is 3.91. The number of hydrogen-bond donors (Lipinski definition) is 0. The molecule has 1 aromatic carbocycles. The molecule has 2 aromatic rings. The molecule has 0 aliphatic heterocycles. The largest absolute Gasteiger partial charge is 0.496 e. The van der Waals surface area contributed by atoms with Crippen LogP contribution in [0.2, 0.25) is 0 Å². The molecule has 0 N–H and O–H groups in total. The summed E-state index contributed by atoms with van der Waals surface area (Å²) in [5, 5.41) is 11.9. The number of methoxy groups -OCH3 is 1. The van der Waals surface area contributed by atoms with Crippen LogP contribution < -0.4 is 4.74 Å². The van der Waals surface area contributed by atoms with Crippen LogP contribution in [0.3, 0.4) is 0 Å². The third kappa shape index (κ3) is 3.01. The molecule has 0 saturated heterocycles. The number of allylic oxidation sites excluding steroid dienone is 1. The highest BCUT2D eigenvalue weighted by Gasteiger charge is 2.06. The van der Waals surface area contributed by atoms with Crippen molar-refractivity contribution in [3.05, 3.63) is 45.4 Å². The van der Waals surface area contributed by atoms with Crippen molar-refractivity contribution < 1.29 is 4.74 Å². The van der Waals surface area contributed by atoms with E-state index in [1.165, 1.54) is 11.3 Å². The topological polar surface area (TPSA) is 45.9 Å². The molecule has 96 valence electrons. The van der Waals surface area contributed by atoms with Crippen LogP contribution in [0, 0.1) is 25.2 Å². The maximum absolute atomic E-state index is 9.24. The lowest BCUT2D eigenvalue weighted by atomic mass is 10.1. The Hall–Kier alpha value is -2.12. The Morgan fingerprint density at radius 1 is 1.42 bits per heavy atom. The van der Waals surface area contributed by atoms with Crippen molar-refractivity contribution in [3.8, 4) is 11.8 Å².